The zero-order valence-corrected chi connectivity index (χ0v) is 17.7. The van der Waals surface area contributed by atoms with E-state index in [1.807, 2.05) is 20.8 Å². The first kappa shape index (κ1) is 22.9. The van der Waals surface area contributed by atoms with Crippen molar-refractivity contribution in [3.05, 3.63) is 0 Å². The lowest BCUT2D eigenvalue weighted by atomic mass is 10.1. The molecular weight excluding hydrogens is 326 g/mol. The molecule has 0 radical (unpaired) electrons. The van der Waals surface area contributed by atoms with E-state index in [9.17, 15) is 9.59 Å². The van der Waals surface area contributed by atoms with E-state index in [0.717, 1.165) is 0 Å². The zero-order chi connectivity index (χ0) is 19.2. The van der Waals surface area contributed by atoms with Gasteiger partial charge in [0.05, 0.1) is 19.8 Å². The molecule has 0 aromatic rings. The van der Waals surface area contributed by atoms with E-state index in [-0.39, 0.29) is 23.5 Å². The molecule has 0 saturated carbocycles. The summed E-state index contributed by atoms with van der Waals surface area (Å²) in [7, 11) is -0.586. The standard InChI is InChI=1S/C17H35NO5Si/c1-16(2,3)23-15(20)18-13(10-11-14(19)21-7)12-22-24(8,9)17(4,5)6/h13H,10-12H2,1-9H3,(H,18,20)/t13-/m0/s1. The number of hydrogen-bond acceptors (Lipinski definition) is 5. The van der Waals surface area contributed by atoms with E-state index < -0.39 is 20.0 Å². The van der Waals surface area contributed by atoms with E-state index in [1.165, 1.54) is 7.11 Å². The van der Waals surface area contributed by atoms with Crippen LogP contribution in [0.2, 0.25) is 18.1 Å². The third-order valence-corrected chi connectivity index (χ3v) is 8.60. The highest BCUT2D eigenvalue weighted by molar-refractivity contribution is 6.74. The first-order valence-corrected chi connectivity index (χ1v) is 11.3. The van der Waals surface area contributed by atoms with Crippen LogP contribution in [0.15, 0.2) is 0 Å². The number of esters is 1. The Kier molecular flexibility index (Phi) is 8.45. The van der Waals surface area contributed by atoms with Crippen molar-refractivity contribution in [1.29, 1.82) is 0 Å². The SMILES string of the molecule is COC(=O)CC[C@@H](CO[Si](C)(C)C(C)(C)C)NC(=O)OC(C)(C)C. The molecule has 0 aliphatic rings. The van der Waals surface area contributed by atoms with Crippen molar-refractivity contribution >= 4 is 20.4 Å². The normalized spacial score (nSPS) is 14.0. The van der Waals surface area contributed by atoms with Crippen molar-refractivity contribution in [3.63, 3.8) is 0 Å². The Labute approximate surface area is 147 Å². The van der Waals surface area contributed by atoms with E-state index >= 15 is 0 Å². The Bertz CT molecular complexity index is 424. The van der Waals surface area contributed by atoms with E-state index in [1.54, 1.807) is 0 Å². The maximum atomic E-state index is 12.0. The topological polar surface area (TPSA) is 73.9 Å². The lowest BCUT2D eigenvalue weighted by Gasteiger charge is -2.37. The predicted octanol–water partition coefficient (Wildman–Crippen LogP) is 3.85. The molecule has 1 amide bonds. The Morgan fingerprint density at radius 3 is 2.04 bits per heavy atom. The van der Waals surface area contributed by atoms with Crippen LogP contribution in [0.3, 0.4) is 0 Å². The van der Waals surface area contributed by atoms with Crippen molar-refractivity contribution in [2.45, 2.75) is 84.2 Å². The van der Waals surface area contributed by atoms with Gasteiger partial charge in [-0.2, -0.15) is 0 Å². The molecule has 0 heterocycles. The Morgan fingerprint density at radius 1 is 1.08 bits per heavy atom. The van der Waals surface area contributed by atoms with Crippen molar-refractivity contribution in [3.8, 4) is 0 Å². The lowest BCUT2D eigenvalue weighted by Crippen LogP contribution is -2.47. The molecule has 1 atom stereocenters. The molecule has 0 aliphatic heterocycles. The van der Waals surface area contributed by atoms with Gasteiger partial charge in [0.2, 0.25) is 0 Å². The van der Waals surface area contributed by atoms with Crippen LogP contribution in [0.25, 0.3) is 0 Å². The highest BCUT2D eigenvalue weighted by atomic mass is 28.4. The van der Waals surface area contributed by atoms with Gasteiger partial charge in [0.25, 0.3) is 0 Å². The molecule has 0 fully saturated rings. The second-order valence-electron chi connectivity index (χ2n) is 8.53. The number of ether oxygens (including phenoxy) is 2. The molecule has 0 unspecified atom stereocenters. The Hall–Kier alpha value is -1.08. The lowest BCUT2D eigenvalue weighted by molar-refractivity contribution is -0.140. The molecule has 142 valence electrons. The summed E-state index contributed by atoms with van der Waals surface area (Å²) in [5.74, 6) is -0.307. The van der Waals surface area contributed by atoms with Gasteiger partial charge in [-0.15, -0.1) is 0 Å². The summed E-state index contributed by atoms with van der Waals surface area (Å²) in [6.07, 6.45) is 0.162. The van der Waals surface area contributed by atoms with Crippen LogP contribution in [0.1, 0.15) is 54.4 Å². The van der Waals surface area contributed by atoms with Crippen LogP contribution in [-0.2, 0) is 18.7 Å². The van der Waals surface area contributed by atoms with Gasteiger partial charge < -0.3 is 19.2 Å². The molecule has 0 aromatic heterocycles. The van der Waals surface area contributed by atoms with Crippen molar-refractivity contribution < 1.29 is 23.5 Å². The van der Waals surface area contributed by atoms with E-state index in [2.05, 4.69) is 43.9 Å². The number of hydrogen-bond donors (Lipinski definition) is 1. The molecule has 0 saturated heterocycles. The van der Waals surface area contributed by atoms with E-state index in [4.69, 9.17) is 9.16 Å². The fourth-order valence-electron chi connectivity index (χ4n) is 1.59. The molecule has 0 bridgehead atoms. The summed E-state index contributed by atoms with van der Waals surface area (Å²) < 4.78 is 16.1. The average Bonchev–Trinajstić information content (AvgIpc) is 2.37. The number of alkyl carbamates (subject to hydrolysis) is 1. The van der Waals surface area contributed by atoms with Gasteiger partial charge in [-0.05, 0) is 45.3 Å². The summed E-state index contributed by atoms with van der Waals surface area (Å²) in [6, 6.07) is -0.298. The quantitative estimate of drug-likeness (QED) is 0.550. The summed E-state index contributed by atoms with van der Waals surface area (Å²) in [6.45, 7) is 16.5. The van der Waals surface area contributed by atoms with Gasteiger partial charge in [0.15, 0.2) is 8.32 Å². The minimum Gasteiger partial charge on any atom is -0.469 e. The van der Waals surface area contributed by atoms with Crippen LogP contribution in [-0.4, -0.2) is 45.7 Å². The highest BCUT2D eigenvalue weighted by Gasteiger charge is 2.37. The number of nitrogens with one attached hydrogen (secondary N) is 1. The van der Waals surface area contributed by atoms with Crippen molar-refractivity contribution in [2.75, 3.05) is 13.7 Å². The largest absolute Gasteiger partial charge is 0.469 e. The Morgan fingerprint density at radius 2 is 1.62 bits per heavy atom. The number of amides is 1. The third kappa shape index (κ3) is 9.27. The molecule has 7 heteroatoms. The fraction of sp³-hybridized carbons (Fsp3) is 0.882. The monoisotopic (exact) mass is 361 g/mol. The minimum atomic E-state index is -1.94. The van der Waals surface area contributed by atoms with Gasteiger partial charge in [-0.25, -0.2) is 4.79 Å². The summed E-state index contributed by atoms with van der Waals surface area (Å²) >= 11 is 0. The number of carbonyl (C=O) groups excluding carboxylic acids is 2. The van der Waals surface area contributed by atoms with Gasteiger partial charge in [-0.3, -0.25) is 4.79 Å². The zero-order valence-electron chi connectivity index (χ0n) is 16.7. The minimum absolute atomic E-state index is 0.0752. The first-order chi connectivity index (χ1) is 10.7. The van der Waals surface area contributed by atoms with Crippen LogP contribution in [0.4, 0.5) is 4.79 Å². The number of methoxy groups -OCH3 is 1. The molecule has 0 aromatic carbocycles. The van der Waals surface area contributed by atoms with Gasteiger partial charge in [-0.1, -0.05) is 20.8 Å². The van der Waals surface area contributed by atoms with Gasteiger partial charge >= 0.3 is 12.1 Å². The van der Waals surface area contributed by atoms with Crippen LogP contribution >= 0.6 is 0 Å². The van der Waals surface area contributed by atoms with Gasteiger partial charge in [0, 0.05) is 6.42 Å². The predicted molar refractivity (Wildman–Crippen MR) is 97.6 cm³/mol. The second kappa shape index (κ2) is 8.85. The smallest absolute Gasteiger partial charge is 0.407 e. The molecular formula is C17H35NO5Si. The molecule has 0 spiro atoms. The molecule has 24 heavy (non-hydrogen) atoms. The van der Waals surface area contributed by atoms with Crippen molar-refractivity contribution in [2.24, 2.45) is 0 Å². The Balaban J connectivity index is 4.81. The van der Waals surface area contributed by atoms with E-state index in [0.29, 0.717) is 13.0 Å². The summed E-state index contributed by atoms with van der Waals surface area (Å²) in [5, 5.41) is 2.88. The van der Waals surface area contributed by atoms with Crippen molar-refractivity contribution in [1.82, 2.24) is 5.32 Å². The third-order valence-electron chi connectivity index (χ3n) is 4.10. The fourth-order valence-corrected chi connectivity index (χ4v) is 2.64. The maximum Gasteiger partial charge on any atom is 0.407 e. The first-order valence-electron chi connectivity index (χ1n) is 8.38. The molecule has 6 nitrogen and oxygen atoms in total. The van der Waals surface area contributed by atoms with Crippen LogP contribution in [0, 0.1) is 0 Å². The summed E-state index contributed by atoms with van der Waals surface area (Å²) in [5.41, 5.74) is -0.572. The maximum absolute atomic E-state index is 12.0. The number of carbonyl (C=O) groups is 2. The molecule has 1 N–H and O–H groups in total. The molecule has 0 rings (SSSR count). The summed E-state index contributed by atoms with van der Waals surface area (Å²) in [4.78, 5) is 23.4. The molecule has 0 aliphatic carbocycles. The highest BCUT2D eigenvalue weighted by Crippen LogP contribution is 2.36. The second-order valence-corrected chi connectivity index (χ2v) is 13.3. The van der Waals surface area contributed by atoms with Crippen LogP contribution < -0.4 is 5.32 Å². The average molecular weight is 362 g/mol. The van der Waals surface area contributed by atoms with Crippen LogP contribution in [0.5, 0.6) is 0 Å². The van der Waals surface area contributed by atoms with Gasteiger partial charge in [0.1, 0.15) is 5.60 Å². The number of rotatable bonds is 7.